The summed E-state index contributed by atoms with van der Waals surface area (Å²) in [6.45, 7) is 6.29. The van der Waals surface area contributed by atoms with Gasteiger partial charge in [-0.25, -0.2) is 9.37 Å². The van der Waals surface area contributed by atoms with Crippen LogP contribution in [0.1, 0.15) is 49.0 Å². The smallest absolute Gasteiger partial charge is 0.235 e. The van der Waals surface area contributed by atoms with Crippen LogP contribution >= 0.6 is 11.3 Å². The van der Waals surface area contributed by atoms with Crippen molar-refractivity contribution >= 4 is 16.3 Å². The van der Waals surface area contributed by atoms with Gasteiger partial charge in [0.05, 0.1) is 13.1 Å². The molecule has 0 bridgehead atoms. The molecule has 0 saturated carbocycles. The van der Waals surface area contributed by atoms with Crippen molar-refractivity contribution in [3.63, 3.8) is 0 Å². The second-order valence-corrected chi connectivity index (χ2v) is 8.20. The van der Waals surface area contributed by atoms with Gasteiger partial charge in [-0.05, 0) is 30.9 Å². The first-order valence-corrected chi connectivity index (χ1v) is 10.1. The van der Waals surface area contributed by atoms with E-state index >= 15 is 0 Å². The molecule has 3 aromatic rings. The van der Waals surface area contributed by atoms with Gasteiger partial charge in [0.1, 0.15) is 10.7 Å². The van der Waals surface area contributed by atoms with Gasteiger partial charge in [0.15, 0.2) is 11.9 Å². The monoisotopic (exact) mass is 375 g/mol. The largest absolute Gasteiger partial charge is 0.492 e. The number of thiazole rings is 1. The van der Waals surface area contributed by atoms with E-state index < -0.39 is 0 Å². The first-order chi connectivity index (χ1) is 12.6. The minimum Gasteiger partial charge on any atom is -0.492 e. The summed E-state index contributed by atoms with van der Waals surface area (Å²) in [4.78, 5) is 7.37. The van der Waals surface area contributed by atoms with E-state index in [9.17, 15) is 9.50 Å². The lowest BCUT2D eigenvalue weighted by Gasteiger charge is -2.33. The summed E-state index contributed by atoms with van der Waals surface area (Å²) >= 11 is 1.46. The molecule has 0 spiro atoms. The van der Waals surface area contributed by atoms with E-state index in [2.05, 4.69) is 17.0 Å². The number of aromatic hydroxyl groups is 1. The molecule has 0 unspecified atom stereocenters. The summed E-state index contributed by atoms with van der Waals surface area (Å²) < 4.78 is 15.4. The highest BCUT2D eigenvalue weighted by Gasteiger charge is 2.34. The Kier molecular flexibility index (Phi) is 4.67. The van der Waals surface area contributed by atoms with Gasteiger partial charge >= 0.3 is 0 Å². The van der Waals surface area contributed by atoms with Crippen molar-refractivity contribution in [1.82, 2.24) is 14.6 Å². The third-order valence-electron chi connectivity index (χ3n) is 5.33. The lowest BCUT2D eigenvalue weighted by atomic mass is 9.95. The number of hydrogen-bond donors (Lipinski definition) is 2. The number of aryl methyl sites for hydroxylation is 1. The van der Waals surface area contributed by atoms with Crippen LogP contribution in [0, 0.1) is 11.7 Å². The van der Waals surface area contributed by atoms with Crippen LogP contribution in [0.4, 0.5) is 4.39 Å². The summed E-state index contributed by atoms with van der Waals surface area (Å²) in [6, 6.07) is 6.64. The fourth-order valence-corrected chi connectivity index (χ4v) is 4.97. The van der Waals surface area contributed by atoms with Gasteiger partial charge in [-0.2, -0.15) is 4.52 Å². The first kappa shape index (κ1) is 17.4. The molecule has 138 valence electrons. The lowest BCUT2D eigenvalue weighted by Crippen LogP contribution is -3.13. The summed E-state index contributed by atoms with van der Waals surface area (Å²) in [5, 5.41) is 15.2. The van der Waals surface area contributed by atoms with Gasteiger partial charge < -0.3 is 10.0 Å². The molecule has 1 aromatic carbocycles. The number of aromatic nitrogens is 3. The third kappa shape index (κ3) is 3.10. The van der Waals surface area contributed by atoms with Crippen molar-refractivity contribution in [3.8, 4) is 5.88 Å². The van der Waals surface area contributed by atoms with Gasteiger partial charge in [0.2, 0.25) is 10.8 Å². The standard InChI is InChI=1S/C19H23FN4OS/c1-3-15-21-19-24(22-15)18(25)17(26-19)16(13-5-4-6-14(20)11-13)23-9-7-12(2)8-10-23/h4-6,11-12,16,25H,3,7-10H2,1-2H3/p+1/t16-/m1/s1. The number of rotatable bonds is 4. The molecular formula is C19H24FN4OS+. The normalized spacial score (nSPS) is 22.0. The van der Waals surface area contributed by atoms with Crippen LogP contribution in [0.5, 0.6) is 5.88 Å². The molecule has 7 heteroatoms. The highest BCUT2D eigenvalue weighted by Crippen LogP contribution is 2.35. The van der Waals surface area contributed by atoms with Crippen LogP contribution in [0.2, 0.25) is 0 Å². The Morgan fingerprint density at radius 3 is 2.81 bits per heavy atom. The summed E-state index contributed by atoms with van der Waals surface area (Å²) in [6.07, 6.45) is 3.01. The molecule has 1 saturated heterocycles. The Morgan fingerprint density at radius 1 is 1.38 bits per heavy atom. The van der Waals surface area contributed by atoms with E-state index in [-0.39, 0.29) is 17.7 Å². The molecule has 5 nitrogen and oxygen atoms in total. The zero-order chi connectivity index (χ0) is 18.3. The maximum absolute atomic E-state index is 13.9. The lowest BCUT2D eigenvalue weighted by molar-refractivity contribution is -0.931. The number of likely N-dealkylation sites (tertiary alicyclic amines) is 1. The number of nitrogens with one attached hydrogen (secondary N) is 1. The molecule has 4 rings (SSSR count). The summed E-state index contributed by atoms with van der Waals surface area (Å²) in [7, 11) is 0. The van der Waals surface area contributed by atoms with Crippen LogP contribution in [0.25, 0.3) is 4.96 Å². The molecule has 0 aliphatic carbocycles. The molecule has 0 amide bonds. The molecular weight excluding hydrogens is 351 g/mol. The van der Waals surface area contributed by atoms with E-state index in [4.69, 9.17) is 0 Å². The fourth-order valence-electron chi connectivity index (χ4n) is 3.81. The van der Waals surface area contributed by atoms with Gasteiger partial charge in [-0.1, -0.05) is 37.3 Å². The molecule has 1 aliphatic rings. The number of hydrogen-bond acceptors (Lipinski definition) is 4. The molecule has 0 radical (unpaired) electrons. The van der Waals surface area contributed by atoms with Crippen molar-refractivity contribution < 1.29 is 14.4 Å². The number of benzene rings is 1. The zero-order valence-corrected chi connectivity index (χ0v) is 15.9. The van der Waals surface area contributed by atoms with E-state index in [0.29, 0.717) is 4.96 Å². The number of halogens is 1. The first-order valence-electron chi connectivity index (χ1n) is 9.24. The molecule has 26 heavy (non-hydrogen) atoms. The number of fused-ring (bicyclic) bond motifs is 1. The van der Waals surface area contributed by atoms with Gasteiger partial charge in [0.25, 0.3) is 0 Å². The topological polar surface area (TPSA) is 54.9 Å². The minimum atomic E-state index is -0.246. The average molecular weight is 375 g/mol. The third-order valence-corrected chi connectivity index (χ3v) is 6.41. The highest BCUT2D eigenvalue weighted by molar-refractivity contribution is 7.17. The molecule has 1 atom stereocenters. The Hall–Kier alpha value is -1.99. The quantitative estimate of drug-likeness (QED) is 0.737. The number of quaternary nitrogens is 1. The predicted molar refractivity (Wildman–Crippen MR) is 99.2 cm³/mol. The van der Waals surface area contributed by atoms with Gasteiger partial charge in [0, 0.05) is 12.0 Å². The molecule has 2 N–H and O–H groups in total. The average Bonchev–Trinajstić information content (AvgIpc) is 3.17. The second-order valence-electron chi connectivity index (χ2n) is 7.19. The van der Waals surface area contributed by atoms with Crippen LogP contribution < -0.4 is 4.90 Å². The van der Waals surface area contributed by atoms with Crippen molar-refractivity contribution in [2.75, 3.05) is 13.1 Å². The van der Waals surface area contributed by atoms with Crippen LogP contribution in [0.15, 0.2) is 24.3 Å². The van der Waals surface area contributed by atoms with E-state index in [1.807, 2.05) is 13.0 Å². The van der Waals surface area contributed by atoms with E-state index in [0.717, 1.165) is 54.5 Å². The Morgan fingerprint density at radius 2 is 2.15 bits per heavy atom. The van der Waals surface area contributed by atoms with Crippen molar-refractivity contribution in [1.29, 1.82) is 0 Å². The maximum atomic E-state index is 13.9. The zero-order valence-electron chi connectivity index (χ0n) is 15.1. The Balaban J connectivity index is 1.79. The van der Waals surface area contributed by atoms with E-state index in [1.54, 1.807) is 12.1 Å². The molecule has 1 fully saturated rings. The summed E-state index contributed by atoms with van der Waals surface area (Å²) in [5.41, 5.74) is 0.894. The second kappa shape index (κ2) is 6.96. The number of piperidine rings is 1. The minimum absolute atomic E-state index is 0.100. The Labute approximate surface area is 156 Å². The maximum Gasteiger partial charge on any atom is 0.235 e. The van der Waals surface area contributed by atoms with Crippen molar-refractivity contribution in [2.24, 2.45) is 5.92 Å². The SMILES string of the molecule is CCc1nc2sc([C@@H](c3cccc(F)c3)[NH+]3CCC(C)CC3)c(O)n2n1. The van der Waals surface area contributed by atoms with Crippen molar-refractivity contribution in [2.45, 2.75) is 39.2 Å². The van der Waals surface area contributed by atoms with Gasteiger partial charge in [-0.3, -0.25) is 0 Å². The van der Waals surface area contributed by atoms with Crippen LogP contribution in [-0.4, -0.2) is 32.8 Å². The van der Waals surface area contributed by atoms with E-state index in [1.165, 1.54) is 26.8 Å². The fraction of sp³-hybridized carbons (Fsp3) is 0.474. The molecule has 1 aliphatic heterocycles. The van der Waals surface area contributed by atoms with Gasteiger partial charge in [-0.15, -0.1) is 5.10 Å². The molecule has 2 aromatic heterocycles. The van der Waals surface area contributed by atoms with Crippen LogP contribution in [0.3, 0.4) is 0 Å². The van der Waals surface area contributed by atoms with Crippen LogP contribution in [-0.2, 0) is 6.42 Å². The summed E-state index contributed by atoms with van der Waals surface area (Å²) in [5.74, 6) is 1.33. The predicted octanol–water partition coefficient (Wildman–Crippen LogP) is 2.60. The number of nitrogens with zero attached hydrogens (tertiary/aromatic N) is 3. The van der Waals surface area contributed by atoms with Crippen molar-refractivity contribution in [3.05, 3.63) is 46.3 Å². The molecule has 3 heterocycles. The highest BCUT2D eigenvalue weighted by atomic mass is 32.1. The Bertz CT molecular complexity index is 914.